The molecule has 1 spiro atoms. The van der Waals surface area contributed by atoms with E-state index >= 15 is 0 Å². The van der Waals surface area contributed by atoms with Crippen LogP contribution in [0.3, 0.4) is 0 Å². The number of benzene rings is 1. The van der Waals surface area contributed by atoms with Crippen molar-refractivity contribution in [3.8, 4) is 0 Å². The summed E-state index contributed by atoms with van der Waals surface area (Å²) in [5, 5.41) is 0. The molecule has 0 radical (unpaired) electrons. The van der Waals surface area contributed by atoms with E-state index in [9.17, 15) is 17.2 Å². The third-order valence-electron chi connectivity index (χ3n) is 4.88. The monoisotopic (exact) mass is 375 g/mol. The number of halogens is 2. The normalized spacial score (nSPS) is 27.9. The van der Waals surface area contributed by atoms with Crippen LogP contribution in [0, 0.1) is 11.6 Å². The first-order chi connectivity index (χ1) is 11.9. The maximum atomic E-state index is 13.7. The molecule has 2 saturated heterocycles. The molecular formula is C17H23F2NO4S. The molecule has 2 atom stereocenters. The van der Waals surface area contributed by atoms with Gasteiger partial charge in [-0.05, 0) is 25.0 Å². The highest BCUT2D eigenvalue weighted by molar-refractivity contribution is 7.89. The highest BCUT2D eigenvalue weighted by Crippen LogP contribution is 2.32. The average Bonchev–Trinajstić information content (AvgIpc) is 3.01. The third-order valence-corrected chi connectivity index (χ3v) is 6.66. The predicted molar refractivity (Wildman–Crippen MR) is 88.8 cm³/mol. The van der Waals surface area contributed by atoms with Gasteiger partial charge in [0.2, 0.25) is 10.0 Å². The van der Waals surface area contributed by atoms with Gasteiger partial charge in [0.1, 0.15) is 17.2 Å². The fourth-order valence-electron chi connectivity index (χ4n) is 3.40. The average molecular weight is 375 g/mol. The number of morpholine rings is 1. The summed E-state index contributed by atoms with van der Waals surface area (Å²) in [7, 11) is -3.66. The smallest absolute Gasteiger partial charge is 0.214 e. The van der Waals surface area contributed by atoms with E-state index in [1.165, 1.54) is 10.4 Å². The summed E-state index contributed by atoms with van der Waals surface area (Å²) in [6.07, 6.45) is 0.946. The van der Waals surface area contributed by atoms with Gasteiger partial charge >= 0.3 is 0 Å². The molecule has 2 aliphatic heterocycles. The summed E-state index contributed by atoms with van der Waals surface area (Å²) in [6, 6.07) is 3.54. The van der Waals surface area contributed by atoms with Crippen molar-refractivity contribution in [3.05, 3.63) is 35.4 Å². The van der Waals surface area contributed by atoms with E-state index in [-0.39, 0.29) is 36.9 Å². The summed E-state index contributed by atoms with van der Waals surface area (Å²) in [5.41, 5.74) is -0.791. The first-order valence-electron chi connectivity index (χ1n) is 8.51. The first-order valence-corrected chi connectivity index (χ1v) is 10.1. The molecule has 0 aliphatic carbocycles. The Morgan fingerprint density at radius 2 is 2.04 bits per heavy atom. The summed E-state index contributed by atoms with van der Waals surface area (Å²) >= 11 is 0. The van der Waals surface area contributed by atoms with Crippen molar-refractivity contribution >= 4 is 10.0 Å². The van der Waals surface area contributed by atoms with Gasteiger partial charge in [0.15, 0.2) is 0 Å². The molecule has 8 heteroatoms. The van der Waals surface area contributed by atoms with Gasteiger partial charge in [-0.3, -0.25) is 0 Å². The third kappa shape index (κ3) is 4.02. The lowest BCUT2D eigenvalue weighted by atomic mass is 10.00. The SMILES string of the molecule is CCC1CN(S(=O)(=O)CCc2c(F)cccc2F)CC2(CCOC2)O1. The second kappa shape index (κ2) is 7.26. The number of sulfonamides is 1. The van der Waals surface area contributed by atoms with Gasteiger partial charge < -0.3 is 9.47 Å². The van der Waals surface area contributed by atoms with Crippen LogP contribution in [-0.2, 0) is 25.9 Å². The van der Waals surface area contributed by atoms with Crippen molar-refractivity contribution in [3.63, 3.8) is 0 Å². The Bertz CT molecular complexity index is 699. The molecule has 0 saturated carbocycles. The molecule has 140 valence electrons. The summed E-state index contributed by atoms with van der Waals surface area (Å²) in [6.45, 7) is 3.35. The Balaban J connectivity index is 1.74. The maximum Gasteiger partial charge on any atom is 0.214 e. The number of hydrogen-bond donors (Lipinski definition) is 0. The Morgan fingerprint density at radius 1 is 1.32 bits per heavy atom. The highest BCUT2D eigenvalue weighted by Gasteiger charge is 2.46. The van der Waals surface area contributed by atoms with Gasteiger partial charge in [-0.1, -0.05) is 13.0 Å². The molecular weight excluding hydrogens is 352 g/mol. The second-order valence-corrected chi connectivity index (χ2v) is 8.78. The number of hydrogen-bond acceptors (Lipinski definition) is 4. The lowest BCUT2D eigenvalue weighted by Gasteiger charge is -2.43. The van der Waals surface area contributed by atoms with E-state index in [0.717, 1.165) is 12.1 Å². The zero-order valence-corrected chi connectivity index (χ0v) is 15.0. The Morgan fingerprint density at radius 3 is 2.64 bits per heavy atom. The van der Waals surface area contributed by atoms with Crippen molar-refractivity contribution in [1.29, 1.82) is 0 Å². The van der Waals surface area contributed by atoms with E-state index in [4.69, 9.17) is 9.47 Å². The molecule has 0 aromatic heterocycles. The van der Waals surface area contributed by atoms with Crippen LogP contribution in [0.2, 0.25) is 0 Å². The molecule has 0 amide bonds. The van der Waals surface area contributed by atoms with Crippen LogP contribution < -0.4 is 0 Å². The fourth-order valence-corrected chi connectivity index (χ4v) is 4.95. The molecule has 25 heavy (non-hydrogen) atoms. The number of nitrogens with zero attached hydrogens (tertiary/aromatic N) is 1. The van der Waals surface area contributed by atoms with Gasteiger partial charge in [0, 0.05) is 31.7 Å². The Kier molecular flexibility index (Phi) is 5.43. The van der Waals surface area contributed by atoms with Crippen molar-refractivity contribution in [1.82, 2.24) is 4.31 Å². The van der Waals surface area contributed by atoms with E-state index in [1.807, 2.05) is 6.92 Å². The zero-order valence-electron chi connectivity index (χ0n) is 14.2. The van der Waals surface area contributed by atoms with Crippen molar-refractivity contribution in [2.45, 2.75) is 37.9 Å². The lowest BCUT2D eigenvalue weighted by molar-refractivity contribution is -0.137. The quantitative estimate of drug-likeness (QED) is 0.791. The topological polar surface area (TPSA) is 55.8 Å². The van der Waals surface area contributed by atoms with Crippen LogP contribution in [0.15, 0.2) is 18.2 Å². The Labute approximate surface area is 147 Å². The largest absolute Gasteiger partial charge is 0.378 e. The van der Waals surface area contributed by atoms with E-state index in [0.29, 0.717) is 26.1 Å². The maximum absolute atomic E-state index is 13.7. The molecule has 2 heterocycles. The van der Waals surface area contributed by atoms with E-state index in [2.05, 4.69) is 0 Å². The lowest BCUT2D eigenvalue weighted by Crippen LogP contribution is -2.57. The minimum atomic E-state index is -3.66. The van der Waals surface area contributed by atoms with Crippen LogP contribution >= 0.6 is 0 Å². The minimum Gasteiger partial charge on any atom is -0.378 e. The van der Waals surface area contributed by atoms with Crippen molar-refractivity contribution in [2.24, 2.45) is 0 Å². The summed E-state index contributed by atoms with van der Waals surface area (Å²) in [5.74, 6) is -1.77. The molecule has 2 unspecified atom stereocenters. The van der Waals surface area contributed by atoms with Crippen LogP contribution in [0.25, 0.3) is 0 Å². The number of rotatable bonds is 5. The molecule has 2 fully saturated rings. The first kappa shape index (κ1) is 18.7. The van der Waals surface area contributed by atoms with Crippen LogP contribution in [-0.4, -0.2) is 56.5 Å². The molecule has 2 aliphatic rings. The van der Waals surface area contributed by atoms with Crippen LogP contribution in [0.5, 0.6) is 0 Å². The van der Waals surface area contributed by atoms with Crippen molar-refractivity contribution < 1.29 is 26.7 Å². The van der Waals surface area contributed by atoms with Gasteiger partial charge in [0.25, 0.3) is 0 Å². The summed E-state index contributed by atoms with van der Waals surface area (Å²) in [4.78, 5) is 0. The number of ether oxygens (including phenoxy) is 2. The Hall–Kier alpha value is -1.09. The van der Waals surface area contributed by atoms with Crippen LogP contribution in [0.1, 0.15) is 25.3 Å². The predicted octanol–water partition coefficient (Wildman–Crippen LogP) is 2.11. The van der Waals surface area contributed by atoms with Gasteiger partial charge in [-0.2, -0.15) is 4.31 Å². The molecule has 5 nitrogen and oxygen atoms in total. The molecule has 1 aromatic rings. The molecule has 3 rings (SSSR count). The van der Waals surface area contributed by atoms with E-state index < -0.39 is 27.3 Å². The minimum absolute atomic E-state index is 0.190. The van der Waals surface area contributed by atoms with Gasteiger partial charge in [-0.15, -0.1) is 0 Å². The van der Waals surface area contributed by atoms with Crippen molar-refractivity contribution in [2.75, 3.05) is 32.1 Å². The summed E-state index contributed by atoms with van der Waals surface area (Å²) < 4.78 is 65.9. The fraction of sp³-hybridized carbons (Fsp3) is 0.647. The molecule has 0 N–H and O–H groups in total. The highest BCUT2D eigenvalue weighted by atomic mass is 32.2. The van der Waals surface area contributed by atoms with Gasteiger partial charge in [0.05, 0.1) is 18.5 Å². The van der Waals surface area contributed by atoms with Crippen LogP contribution in [0.4, 0.5) is 8.78 Å². The second-order valence-electron chi connectivity index (χ2n) is 6.69. The standard InChI is InChI=1S/C17H23F2NO4S/c1-2-13-10-20(11-17(24-13)7-8-23-12-17)25(21,22)9-6-14-15(18)4-3-5-16(14)19/h3-5,13H,2,6-12H2,1H3. The zero-order chi connectivity index (χ0) is 18.1. The van der Waals surface area contributed by atoms with E-state index in [1.54, 1.807) is 0 Å². The van der Waals surface area contributed by atoms with Gasteiger partial charge in [-0.25, -0.2) is 17.2 Å². The molecule has 1 aromatic carbocycles. The molecule has 0 bridgehead atoms.